The van der Waals surface area contributed by atoms with Crippen molar-refractivity contribution in [3.63, 3.8) is 0 Å². The Labute approximate surface area is 260 Å². The van der Waals surface area contributed by atoms with E-state index in [-0.39, 0.29) is 20.1 Å². The van der Waals surface area contributed by atoms with Gasteiger partial charge in [0.1, 0.15) is 5.58 Å². The van der Waals surface area contributed by atoms with E-state index in [1.165, 1.54) is 16.7 Å². The molecule has 4 heteroatoms. The number of benzene rings is 4. The van der Waals surface area contributed by atoms with Gasteiger partial charge in [-0.3, -0.25) is 0 Å². The van der Waals surface area contributed by atoms with Crippen LogP contribution < -0.4 is 0 Å². The molecule has 0 N–H and O–H groups in total. The van der Waals surface area contributed by atoms with Crippen molar-refractivity contribution in [3.05, 3.63) is 156 Å². The van der Waals surface area contributed by atoms with Crippen molar-refractivity contribution < 1.29 is 24.5 Å². The molecule has 0 aliphatic carbocycles. The molecule has 0 fully saturated rings. The maximum atomic E-state index is 5.85. The number of nitrogens with zero attached hydrogens (tertiary/aromatic N) is 2. The quantitative estimate of drug-likeness (QED) is 0.166. The second kappa shape index (κ2) is 13.5. The van der Waals surface area contributed by atoms with Crippen LogP contribution in [0.1, 0.15) is 36.5 Å². The number of furan rings is 1. The van der Waals surface area contributed by atoms with Gasteiger partial charge in [0.15, 0.2) is 0 Å². The van der Waals surface area contributed by atoms with Gasteiger partial charge in [-0.25, -0.2) is 0 Å². The largest absolute Gasteiger partial charge is 0.500 e. The van der Waals surface area contributed by atoms with E-state index in [2.05, 4.69) is 90.5 Å². The summed E-state index contributed by atoms with van der Waals surface area (Å²) in [6.45, 7) is 4.38. The van der Waals surface area contributed by atoms with Gasteiger partial charge in [-0.05, 0) is 41.9 Å². The molecule has 0 atom stereocenters. The average molecular weight is 723 g/mol. The summed E-state index contributed by atoms with van der Waals surface area (Å²) in [7, 11) is 0. The van der Waals surface area contributed by atoms with Crippen LogP contribution in [0.25, 0.3) is 44.5 Å². The van der Waals surface area contributed by atoms with E-state index in [0.29, 0.717) is 5.92 Å². The second-order valence-corrected chi connectivity index (χ2v) is 10.3. The van der Waals surface area contributed by atoms with Gasteiger partial charge in [0.2, 0.25) is 0 Å². The normalized spacial score (nSPS) is 10.7. The summed E-state index contributed by atoms with van der Waals surface area (Å²) in [5, 5.41) is 2.24. The molecular formula is C38H30IrN2O-2. The predicted octanol–water partition coefficient (Wildman–Crippen LogP) is 9.71. The topological polar surface area (TPSA) is 38.9 Å². The zero-order valence-corrected chi connectivity index (χ0v) is 25.9. The third-order valence-electron chi connectivity index (χ3n) is 7.14. The number of hydrogen-bond donors (Lipinski definition) is 0. The Morgan fingerprint density at radius 2 is 1.48 bits per heavy atom. The van der Waals surface area contributed by atoms with Gasteiger partial charge in [-0.1, -0.05) is 97.1 Å². The van der Waals surface area contributed by atoms with Crippen LogP contribution in [0.3, 0.4) is 0 Å². The van der Waals surface area contributed by atoms with Gasteiger partial charge in [-0.15, -0.1) is 59.2 Å². The fourth-order valence-corrected chi connectivity index (χ4v) is 4.95. The first-order valence-corrected chi connectivity index (χ1v) is 13.9. The van der Waals surface area contributed by atoms with Gasteiger partial charge in [0, 0.05) is 37.9 Å². The summed E-state index contributed by atoms with van der Waals surface area (Å²) in [6, 6.07) is 45.5. The zero-order chi connectivity index (χ0) is 28.0. The van der Waals surface area contributed by atoms with Crippen molar-refractivity contribution in [1.29, 1.82) is 0 Å². The average Bonchev–Trinajstić information content (AvgIpc) is 3.41. The minimum absolute atomic E-state index is 0. The first-order valence-electron chi connectivity index (χ1n) is 13.9. The Bertz CT molecular complexity index is 1900. The minimum atomic E-state index is 0. The molecule has 7 rings (SSSR count). The number of para-hydroxylation sites is 1. The first kappa shape index (κ1) is 29.1. The second-order valence-electron chi connectivity index (χ2n) is 10.3. The monoisotopic (exact) mass is 723 g/mol. The molecule has 1 radical (unpaired) electrons. The van der Waals surface area contributed by atoms with Gasteiger partial charge in [0.05, 0.1) is 5.58 Å². The predicted molar refractivity (Wildman–Crippen MR) is 168 cm³/mol. The van der Waals surface area contributed by atoms with Gasteiger partial charge in [0.25, 0.3) is 0 Å². The van der Waals surface area contributed by atoms with Crippen molar-refractivity contribution in [2.45, 2.75) is 26.2 Å². The maximum Gasteiger partial charge on any atom is 0.120 e. The first-order chi connectivity index (χ1) is 20.2. The molecule has 0 saturated carbocycles. The Morgan fingerprint density at radius 3 is 2.29 bits per heavy atom. The summed E-state index contributed by atoms with van der Waals surface area (Å²) in [5.41, 5.74) is 9.65. The summed E-state index contributed by atoms with van der Waals surface area (Å²) in [6.07, 6.45) is 4.60. The van der Waals surface area contributed by atoms with Crippen LogP contribution in [0.5, 0.6) is 0 Å². The molecule has 42 heavy (non-hydrogen) atoms. The molecule has 0 amide bonds. The molecule has 0 bridgehead atoms. The molecule has 7 aromatic rings. The van der Waals surface area contributed by atoms with E-state index in [0.717, 1.165) is 50.9 Å². The Balaban J connectivity index is 0.000000166. The van der Waals surface area contributed by atoms with Crippen LogP contribution in [-0.4, -0.2) is 9.97 Å². The van der Waals surface area contributed by atoms with Crippen molar-refractivity contribution in [2.75, 3.05) is 0 Å². The van der Waals surface area contributed by atoms with E-state index in [1.54, 1.807) is 0 Å². The zero-order valence-electron chi connectivity index (χ0n) is 23.5. The molecule has 3 heterocycles. The molecule has 0 spiro atoms. The molecule has 0 saturated heterocycles. The van der Waals surface area contributed by atoms with Crippen molar-refractivity contribution >= 4 is 21.9 Å². The maximum absolute atomic E-state index is 5.85. The van der Waals surface area contributed by atoms with Crippen molar-refractivity contribution in [3.8, 4) is 22.5 Å². The summed E-state index contributed by atoms with van der Waals surface area (Å²) in [4.78, 5) is 8.92. The van der Waals surface area contributed by atoms with E-state index < -0.39 is 0 Å². The third-order valence-corrected chi connectivity index (χ3v) is 7.14. The van der Waals surface area contributed by atoms with E-state index >= 15 is 0 Å². The molecule has 4 aromatic carbocycles. The van der Waals surface area contributed by atoms with Gasteiger partial charge < -0.3 is 14.4 Å². The molecule has 209 valence electrons. The number of aromatic nitrogens is 2. The third kappa shape index (κ3) is 6.57. The van der Waals surface area contributed by atoms with Crippen molar-refractivity contribution in [2.24, 2.45) is 0 Å². The summed E-state index contributed by atoms with van der Waals surface area (Å²) < 4.78 is 5.85. The molecular weight excluding hydrogens is 693 g/mol. The van der Waals surface area contributed by atoms with Crippen LogP contribution in [0, 0.1) is 12.1 Å². The molecule has 0 aliphatic rings. The fraction of sp³-hybridized carbons (Fsp3) is 0.105. The Kier molecular flexibility index (Phi) is 9.38. The fourth-order valence-electron chi connectivity index (χ4n) is 4.95. The van der Waals surface area contributed by atoms with E-state index in [9.17, 15) is 0 Å². The van der Waals surface area contributed by atoms with Crippen LogP contribution in [0.2, 0.25) is 0 Å². The standard InChI is InChI=1S/C20H16NO.C18H14N.Ir/c1-13(2)14-9-10-21-18(12-14)15-7-8-20-17(11-15)16-5-3-4-6-19(16)22-20;1-2-8-15(9-3-1)14-16-10-4-5-11-17(16)18-12-6-7-13-19-18;/h3-6,8-13H,1-2H3;1-10,12-13H,14H2;/q2*-1;. The molecule has 3 nitrogen and oxygen atoms in total. The summed E-state index contributed by atoms with van der Waals surface area (Å²) >= 11 is 0. The van der Waals surface area contributed by atoms with Crippen LogP contribution in [0.4, 0.5) is 0 Å². The number of pyridine rings is 2. The summed E-state index contributed by atoms with van der Waals surface area (Å²) in [5.74, 6) is 0.486. The van der Waals surface area contributed by atoms with Crippen LogP contribution >= 0.6 is 0 Å². The Hall–Kier alpha value is -4.37. The smallest absolute Gasteiger partial charge is 0.120 e. The molecule has 0 aliphatic heterocycles. The van der Waals surface area contributed by atoms with Gasteiger partial charge >= 0.3 is 0 Å². The van der Waals surface area contributed by atoms with Crippen LogP contribution in [0.15, 0.2) is 132 Å². The van der Waals surface area contributed by atoms with Gasteiger partial charge in [-0.2, -0.15) is 0 Å². The van der Waals surface area contributed by atoms with E-state index in [1.807, 2.05) is 73.1 Å². The number of fused-ring (bicyclic) bond motifs is 3. The molecule has 3 aromatic heterocycles. The number of rotatable bonds is 5. The Morgan fingerprint density at radius 1 is 0.690 bits per heavy atom. The minimum Gasteiger partial charge on any atom is -0.500 e. The molecule has 0 unspecified atom stereocenters. The SMILES string of the molecule is CC(C)c1ccnc(-c2[c-]cc3oc4ccccc4c3c2)c1.[Ir].[c-]1cccc(Cc2ccccc2)c1-c1ccccn1. The number of hydrogen-bond acceptors (Lipinski definition) is 3. The van der Waals surface area contributed by atoms with Crippen LogP contribution in [-0.2, 0) is 26.5 Å². The van der Waals surface area contributed by atoms with E-state index in [4.69, 9.17) is 4.42 Å². The van der Waals surface area contributed by atoms with Crippen molar-refractivity contribution in [1.82, 2.24) is 9.97 Å².